The van der Waals surface area contributed by atoms with Gasteiger partial charge in [0.1, 0.15) is 0 Å². The molecule has 1 aliphatic rings. The summed E-state index contributed by atoms with van der Waals surface area (Å²) >= 11 is 0. The number of fused-ring (bicyclic) bond motifs is 1. The number of likely N-dealkylation sites (tertiary alicyclic amines) is 1. The molecular weight excluding hydrogens is 316 g/mol. The highest BCUT2D eigenvalue weighted by Crippen LogP contribution is 2.24. The van der Waals surface area contributed by atoms with E-state index in [0.717, 1.165) is 30.6 Å². The summed E-state index contributed by atoms with van der Waals surface area (Å²) in [5, 5.41) is 1.20. The van der Waals surface area contributed by atoms with Gasteiger partial charge in [0.05, 0.1) is 19.0 Å². The molecule has 6 heteroatoms. The van der Waals surface area contributed by atoms with E-state index in [2.05, 4.69) is 24.0 Å². The number of nitrogens with zero attached hydrogens (tertiary/aromatic N) is 2. The highest BCUT2D eigenvalue weighted by atomic mass is 16.2. The molecule has 3 N–H and O–H groups in total. The van der Waals surface area contributed by atoms with E-state index in [1.54, 1.807) is 4.90 Å². The zero-order valence-corrected chi connectivity index (χ0v) is 14.9. The first-order valence-corrected chi connectivity index (χ1v) is 8.77. The first-order chi connectivity index (χ1) is 12.0. The molecule has 2 aromatic rings. The fourth-order valence-corrected chi connectivity index (χ4v) is 3.74. The second-order valence-corrected chi connectivity index (χ2v) is 7.01. The van der Waals surface area contributed by atoms with Crippen LogP contribution in [0.25, 0.3) is 10.9 Å². The third-order valence-electron chi connectivity index (χ3n) is 5.07. The number of hydrogen-bond acceptors (Lipinski definition) is 3. The first-order valence-electron chi connectivity index (χ1n) is 8.77. The van der Waals surface area contributed by atoms with Crippen LogP contribution >= 0.6 is 0 Å². The Balaban J connectivity index is 1.67. The molecule has 1 saturated heterocycles. The average Bonchev–Trinajstić information content (AvgIpc) is 2.90. The summed E-state index contributed by atoms with van der Waals surface area (Å²) in [6.07, 6.45) is 1.78. The van der Waals surface area contributed by atoms with Crippen molar-refractivity contribution in [2.45, 2.75) is 26.3 Å². The van der Waals surface area contributed by atoms with Crippen molar-refractivity contribution in [2.24, 2.45) is 11.7 Å². The zero-order chi connectivity index (χ0) is 18.0. The maximum Gasteiger partial charge on any atom is 0.231 e. The summed E-state index contributed by atoms with van der Waals surface area (Å²) in [6, 6.07) is 8.18. The Bertz CT molecular complexity index is 783. The van der Waals surface area contributed by atoms with Crippen LogP contribution in [-0.2, 0) is 16.1 Å². The number of H-pyrrole nitrogens is 1. The van der Waals surface area contributed by atoms with Crippen molar-refractivity contribution in [1.82, 2.24) is 14.8 Å². The van der Waals surface area contributed by atoms with Crippen molar-refractivity contribution >= 4 is 22.7 Å². The second-order valence-electron chi connectivity index (χ2n) is 7.01. The minimum absolute atomic E-state index is 0.0669. The van der Waals surface area contributed by atoms with Crippen LogP contribution in [0.5, 0.6) is 0 Å². The Morgan fingerprint density at radius 2 is 2.12 bits per heavy atom. The molecule has 2 amide bonds. The molecule has 25 heavy (non-hydrogen) atoms. The van der Waals surface area contributed by atoms with Crippen molar-refractivity contribution in [3.8, 4) is 0 Å². The monoisotopic (exact) mass is 342 g/mol. The van der Waals surface area contributed by atoms with Gasteiger partial charge in [0.25, 0.3) is 0 Å². The standard InChI is InChI=1S/C19H26N4O2/c1-13-15-7-3-4-8-16(15)21-17(13)11-22(2)19(25)14-6-5-9-23(10-14)12-18(20)24/h3-4,7-8,14,21H,5-6,9-12H2,1-2H3,(H2,20,24)/t14-/m1/s1. The van der Waals surface area contributed by atoms with Crippen molar-refractivity contribution in [2.75, 3.05) is 26.7 Å². The van der Waals surface area contributed by atoms with Gasteiger partial charge in [0, 0.05) is 30.2 Å². The quantitative estimate of drug-likeness (QED) is 0.866. The number of hydrogen-bond donors (Lipinski definition) is 2. The molecule has 1 aliphatic heterocycles. The number of aryl methyl sites for hydroxylation is 1. The zero-order valence-electron chi connectivity index (χ0n) is 14.9. The fraction of sp³-hybridized carbons (Fsp3) is 0.474. The molecule has 1 aromatic heterocycles. The predicted octanol–water partition coefficient (Wildman–Crippen LogP) is 1.63. The van der Waals surface area contributed by atoms with Gasteiger partial charge in [-0.25, -0.2) is 0 Å². The number of amides is 2. The van der Waals surface area contributed by atoms with Crippen LogP contribution < -0.4 is 5.73 Å². The number of nitrogens with two attached hydrogens (primary N) is 1. The van der Waals surface area contributed by atoms with E-state index >= 15 is 0 Å². The lowest BCUT2D eigenvalue weighted by molar-refractivity contribution is -0.137. The first kappa shape index (κ1) is 17.5. The molecule has 6 nitrogen and oxygen atoms in total. The summed E-state index contributed by atoms with van der Waals surface area (Å²) < 4.78 is 0. The Hall–Kier alpha value is -2.34. The molecule has 0 spiro atoms. The van der Waals surface area contributed by atoms with Crippen LogP contribution in [0.3, 0.4) is 0 Å². The summed E-state index contributed by atoms with van der Waals surface area (Å²) in [4.78, 5) is 31.1. The van der Waals surface area contributed by atoms with E-state index in [1.165, 1.54) is 10.9 Å². The molecule has 2 heterocycles. The number of piperidine rings is 1. The van der Waals surface area contributed by atoms with Crippen LogP contribution in [0.2, 0.25) is 0 Å². The number of carbonyl (C=O) groups excluding carboxylic acids is 2. The van der Waals surface area contributed by atoms with Gasteiger partial charge in [0.2, 0.25) is 11.8 Å². The Kier molecular flexibility index (Phi) is 5.08. The minimum atomic E-state index is -0.338. The molecule has 1 atom stereocenters. The van der Waals surface area contributed by atoms with Crippen molar-refractivity contribution < 1.29 is 9.59 Å². The molecule has 134 valence electrons. The van der Waals surface area contributed by atoms with E-state index in [0.29, 0.717) is 13.1 Å². The minimum Gasteiger partial charge on any atom is -0.369 e. The van der Waals surface area contributed by atoms with Gasteiger partial charge >= 0.3 is 0 Å². The molecule has 0 bridgehead atoms. The highest BCUT2D eigenvalue weighted by Gasteiger charge is 2.28. The van der Waals surface area contributed by atoms with Crippen LogP contribution in [0.4, 0.5) is 0 Å². The number of benzene rings is 1. The molecule has 0 radical (unpaired) electrons. The van der Waals surface area contributed by atoms with E-state index in [4.69, 9.17) is 5.73 Å². The number of aromatic nitrogens is 1. The van der Waals surface area contributed by atoms with Crippen LogP contribution in [0.1, 0.15) is 24.1 Å². The molecular formula is C19H26N4O2. The lowest BCUT2D eigenvalue weighted by Crippen LogP contribution is -2.46. The van der Waals surface area contributed by atoms with E-state index in [9.17, 15) is 9.59 Å². The fourth-order valence-electron chi connectivity index (χ4n) is 3.74. The molecule has 1 fully saturated rings. The summed E-state index contributed by atoms with van der Waals surface area (Å²) in [5.74, 6) is -0.273. The van der Waals surface area contributed by atoms with Crippen LogP contribution in [-0.4, -0.2) is 53.3 Å². The normalized spacial score (nSPS) is 18.4. The average molecular weight is 342 g/mol. The van der Waals surface area contributed by atoms with Crippen LogP contribution in [0, 0.1) is 12.8 Å². The van der Waals surface area contributed by atoms with Crippen molar-refractivity contribution in [3.05, 3.63) is 35.5 Å². The lowest BCUT2D eigenvalue weighted by Gasteiger charge is -2.33. The second kappa shape index (κ2) is 7.27. The lowest BCUT2D eigenvalue weighted by atomic mass is 9.96. The highest BCUT2D eigenvalue weighted by molar-refractivity contribution is 5.85. The Morgan fingerprint density at radius 1 is 1.36 bits per heavy atom. The number of primary amides is 1. The van der Waals surface area contributed by atoms with E-state index in [1.807, 2.05) is 24.1 Å². The molecule has 3 rings (SSSR count). The Morgan fingerprint density at radius 3 is 2.84 bits per heavy atom. The Labute approximate surface area is 148 Å². The largest absolute Gasteiger partial charge is 0.369 e. The SMILES string of the molecule is Cc1c(CN(C)C(=O)[C@@H]2CCCN(CC(N)=O)C2)[nH]c2ccccc12. The number of aromatic amines is 1. The van der Waals surface area contributed by atoms with Gasteiger partial charge in [-0.1, -0.05) is 18.2 Å². The number of para-hydroxylation sites is 1. The number of rotatable bonds is 5. The maximum atomic E-state index is 12.8. The van der Waals surface area contributed by atoms with Gasteiger partial charge in [0.15, 0.2) is 0 Å². The molecule has 0 saturated carbocycles. The van der Waals surface area contributed by atoms with E-state index in [-0.39, 0.29) is 24.3 Å². The number of nitrogens with one attached hydrogen (secondary N) is 1. The third-order valence-corrected chi connectivity index (χ3v) is 5.07. The predicted molar refractivity (Wildman–Crippen MR) is 97.9 cm³/mol. The van der Waals surface area contributed by atoms with Gasteiger partial charge in [-0.3, -0.25) is 14.5 Å². The summed E-state index contributed by atoms with van der Waals surface area (Å²) in [5.41, 5.74) is 8.64. The topological polar surface area (TPSA) is 82.4 Å². The number of carbonyl (C=O) groups is 2. The summed E-state index contributed by atoms with van der Waals surface area (Å²) in [6.45, 7) is 4.32. The molecule has 1 aromatic carbocycles. The van der Waals surface area contributed by atoms with Gasteiger partial charge in [-0.2, -0.15) is 0 Å². The molecule has 0 aliphatic carbocycles. The maximum absolute atomic E-state index is 12.8. The third kappa shape index (κ3) is 3.85. The van der Waals surface area contributed by atoms with Crippen LogP contribution in [0.15, 0.2) is 24.3 Å². The van der Waals surface area contributed by atoms with Gasteiger partial charge in [-0.15, -0.1) is 0 Å². The molecule has 0 unspecified atom stereocenters. The smallest absolute Gasteiger partial charge is 0.231 e. The van der Waals surface area contributed by atoms with E-state index < -0.39 is 0 Å². The van der Waals surface area contributed by atoms with Crippen molar-refractivity contribution in [1.29, 1.82) is 0 Å². The van der Waals surface area contributed by atoms with Gasteiger partial charge < -0.3 is 15.6 Å². The van der Waals surface area contributed by atoms with Crippen molar-refractivity contribution in [3.63, 3.8) is 0 Å². The summed E-state index contributed by atoms with van der Waals surface area (Å²) in [7, 11) is 1.85. The van der Waals surface area contributed by atoms with Gasteiger partial charge in [-0.05, 0) is 37.9 Å².